The molecule has 9 heteroatoms. The number of rotatable bonds is 9. The maximum atomic E-state index is 12.4. The van der Waals surface area contributed by atoms with Gasteiger partial charge in [-0.3, -0.25) is 14.9 Å². The second-order valence-corrected chi connectivity index (χ2v) is 7.64. The summed E-state index contributed by atoms with van der Waals surface area (Å²) in [6.07, 6.45) is 0. The van der Waals surface area contributed by atoms with Crippen molar-refractivity contribution in [2.45, 2.75) is 18.7 Å². The molecule has 0 saturated heterocycles. The molecule has 0 aliphatic carbocycles. The average molecular weight is 391 g/mol. The third kappa shape index (κ3) is 4.89. The van der Waals surface area contributed by atoms with Gasteiger partial charge in [-0.05, 0) is 30.3 Å². The summed E-state index contributed by atoms with van der Waals surface area (Å²) in [6, 6.07) is 11.6. The van der Waals surface area contributed by atoms with E-state index >= 15 is 0 Å². The van der Waals surface area contributed by atoms with Gasteiger partial charge in [0.2, 0.25) is 10.0 Å². The highest BCUT2D eigenvalue weighted by molar-refractivity contribution is 7.89. The number of anilines is 1. The number of nitro benzene ring substituents is 1. The van der Waals surface area contributed by atoms with E-state index in [0.717, 1.165) is 0 Å². The van der Waals surface area contributed by atoms with E-state index in [1.807, 2.05) is 0 Å². The molecular formula is C18H21N3O5S. The molecule has 0 aliphatic rings. The monoisotopic (exact) mass is 391 g/mol. The van der Waals surface area contributed by atoms with Gasteiger partial charge in [0.25, 0.3) is 5.69 Å². The Balaban J connectivity index is 2.08. The first-order valence-electron chi connectivity index (χ1n) is 8.41. The molecule has 2 aromatic carbocycles. The van der Waals surface area contributed by atoms with Crippen LogP contribution in [0.1, 0.15) is 24.2 Å². The molecule has 2 aromatic rings. The van der Waals surface area contributed by atoms with Crippen LogP contribution < -0.4 is 5.32 Å². The van der Waals surface area contributed by atoms with Crippen LogP contribution in [-0.2, 0) is 10.0 Å². The number of nitrogens with zero attached hydrogens (tertiary/aromatic N) is 2. The molecule has 2 rings (SSSR count). The van der Waals surface area contributed by atoms with Crippen LogP contribution in [0.4, 0.5) is 11.4 Å². The van der Waals surface area contributed by atoms with E-state index in [2.05, 4.69) is 5.32 Å². The number of carbonyl (C=O) groups excluding carboxylic acids is 1. The summed E-state index contributed by atoms with van der Waals surface area (Å²) in [5.41, 5.74) is 0.739. The second kappa shape index (κ2) is 8.74. The maximum absolute atomic E-state index is 12.4. The van der Waals surface area contributed by atoms with Crippen molar-refractivity contribution in [2.75, 3.05) is 25.0 Å². The van der Waals surface area contributed by atoms with Crippen LogP contribution in [0.15, 0.2) is 53.4 Å². The minimum atomic E-state index is -3.57. The Morgan fingerprint density at radius 1 is 1.11 bits per heavy atom. The third-order valence-corrected chi connectivity index (χ3v) is 6.09. The van der Waals surface area contributed by atoms with Crippen molar-refractivity contribution < 1.29 is 18.1 Å². The highest BCUT2D eigenvalue weighted by Crippen LogP contribution is 2.18. The molecular weight excluding hydrogens is 370 g/mol. The molecule has 0 heterocycles. The molecule has 27 heavy (non-hydrogen) atoms. The summed E-state index contributed by atoms with van der Waals surface area (Å²) >= 11 is 0. The quantitative estimate of drug-likeness (QED) is 0.400. The molecule has 0 atom stereocenters. The Kier molecular flexibility index (Phi) is 6.65. The number of benzene rings is 2. The van der Waals surface area contributed by atoms with Crippen molar-refractivity contribution in [1.82, 2.24) is 4.31 Å². The smallest absolute Gasteiger partial charge is 0.271 e. The van der Waals surface area contributed by atoms with Crippen molar-refractivity contribution in [2.24, 2.45) is 0 Å². The normalized spacial score (nSPS) is 11.4. The van der Waals surface area contributed by atoms with Crippen LogP contribution in [-0.4, -0.2) is 43.1 Å². The molecule has 0 radical (unpaired) electrons. The van der Waals surface area contributed by atoms with Gasteiger partial charge in [-0.15, -0.1) is 0 Å². The fourth-order valence-electron chi connectivity index (χ4n) is 2.54. The number of hydrogen-bond donors (Lipinski definition) is 1. The van der Waals surface area contributed by atoms with Crippen molar-refractivity contribution in [3.63, 3.8) is 0 Å². The summed E-state index contributed by atoms with van der Waals surface area (Å²) < 4.78 is 26.2. The zero-order chi connectivity index (χ0) is 20.0. The number of non-ortho nitro benzene ring substituents is 1. The van der Waals surface area contributed by atoms with Gasteiger partial charge in [-0.2, -0.15) is 4.31 Å². The number of hydrogen-bond acceptors (Lipinski definition) is 6. The van der Waals surface area contributed by atoms with Gasteiger partial charge >= 0.3 is 0 Å². The van der Waals surface area contributed by atoms with E-state index in [-0.39, 0.29) is 22.9 Å². The minimum Gasteiger partial charge on any atom is -0.377 e. The van der Waals surface area contributed by atoms with Crippen LogP contribution >= 0.6 is 0 Å². The Morgan fingerprint density at radius 3 is 2.30 bits per heavy atom. The Bertz CT molecular complexity index is 922. The average Bonchev–Trinajstić information content (AvgIpc) is 2.67. The van der Waals surface area contributed by atoms with Crippen molar-refractivity contribution in [1.29, 1.82) is 0 Å². The molecule has 0 aliphatic heterocycles. The standard InChI is InChI=1S/C18H21N3O5S/c1-3-20(4-2)27(25,26)17-10-8-14(9-11-17)18(22)13-19-15-6-5-7-16(12-15)21(23)24/h5-12,19H,3-4,13H2,1-2H3. The Hall–Kier alpha value is -2.78. The zero-order valence-corrected chi connectivity index (χ0v) is 15.9. The number of ketones is 1. The van der Waals surface area contributed by atoms with Crippen molar-refractivity contribution in [3.05, 3.63) is 64.2 Å². The van der Waals surface area contributed by atoms with E-state index in [9.17, 15) is 23.3 Å². The SMILES string of the molecule is CCN(CC)S(=O)(=O)c1ccc(C(=O)CNc2cccc([N+](=O)[O-])c2)cc1. The summed E-state index contributed by atoms with van der Waals surface area (Å²) in [5.74, 6) is -0.256. The lowest BCUT2D eigenvalue weighted by atomic mass is 10.1. The predicted molar refractivity (Wildman–Crippen MR) is 102 cm³/mol. The van der Waals surface area contributed by atoms with E-state index in [1.165, 1.54) is 46.8 Å². The lowest BCUT2D eigenvalue weighted by Gasteiger charge is -2.18. The first kappa shape index (κ1) is 20.5. The van der Waals surface area contributed by atoms with Gasteiger partial charge in [0.1, 0.15) is 0 Å². The van der Waals surface area contributed by atoms with Crippen molar-refractivity contribution >= 4 is 27.2 Å². The van der Waals surface area contributed by atoms with Gasteiger partial charge < -0.3 is 5.32 Å². The van der Waals surface area contributed by atoms with E-state index in [0.29, 0.717) is 24.3 Å². The maximum Gasteiger partial charge on any atom is 0.271 e. The predicted octanol–water partition coefficient (Wildman–Crippen LogP) is 2.92. The molecule has 0 aromatic heterocycles. The third-order valence-electron chi connectivity index (χ3n) is 4.03. The van der Waals surface area contributed by atoms with E-state index in [4.69, 9.17) is 0 Å². The van der Waals surface area contributed by atoms with Gasteiger partial charge in [-0.25, -0.2) is 8.42 Å². The number of nitrogens with one attached hydrogen (secondary N) is 1. The first-order chi connectivity index (χ1) is 12.8. The summed E-state index contributed by atoms with van der Waals surface area (Å²) in [5, 5.41) is 13.6. The number of Topliss-reactive ketones (excluding diaryl/α,β-unsaturated/α-hetero) is 1. The minimum absolute atomic E-state index is 0.0662. The lowest BCUT2D eigenvalue weighted by Crippen LogP contribution is -2.30. The fraction of sp³-hybridized carbons (Fsp3) is 0.278. The molecule has 8 nitrogen and oxygen atoms in total. The molecule has 0 spiro atoms. The van der Waals surface area contributed by atoms with Crippen LogP contribution in [0.5, 0.6) is 0 Å². The molecule has 0 amide bonds. The fourth-order valence-corrected chi connectivity index (χ4v) is 4.00. The Morgan fingerprint density at radius 2 is 1.74 bits per heavy atom. The molecule has 0 bridgehead atoms. The lowest BCUT2D eigenvalue weighted by molar-refractivity contribution is -0.384. The molecule has 1 N–H and O–H groups in total. The van der Waals surface area contributed by atoms with Crippen molar-refractivity contribution in [3.8, 4) is 0 Å². The van der Waals surface area contributed by atoms with E-state index in [1.54, 1.807) is 19.9 Å². The second-order valence-electron chi connectivity index (χ2n) is 5.70. The van der Waals surface area contributed by atoms with Gasteiger partial charge in [0.05, 0.1) is 16.4 Å². The molecule has 0 unspecified atom stereocenters. The molecule has 144 valence electrons. The largest absolute Gasteiger partial charge is 0.377 e. The summed E-state index contributed by atoms with van der Waals surface area (Å²) in [4.78, 5) is 22.7. The van der Waals surface area contributed by atoms with Gasteiger partial charge in [-0.1, -0.05) is 19.9 Å². The highest BCUT2D eigenvalue weighted by Gasteiger charge is 2.21. The van der Waals surface area contributed by atoms with Crippen LogP contribution in [0.2, 0.25) is 0 Å². The van der Waals surface area contributed by atoms with Crippen LogP contribution in [0.3, 0.4) is 0 Å². The number of carbonyl (C=O) groups is 1. The molecule has 0 saturated carbocycles. The van der Waals surface area contributed by atoms with E-state index < -0.39 is 14.9 Å². The number of sulfonamides is 1. The Labute approximate surface area is 158 Å². The summed E-state index contributed by atoms with van der Waals surface area (Å²) in [7, 11) is -3.57. The molecule has 0 fully saturated rings. The highest BCUT2D eigenvalue weighted by atomic mass is 32.2. The number of nitro groups is 1. The van der Waals surface area contributed by atoms with Gasteiger partial charge in [0.15, 0.2) is 5.78 Å². The zero-order valence-electron chi connectivity index (χ0n) is 15.1. The van der Waals surface area contributed by atoms with Crippen LogP contribution in [0, 0.1) is 10.1 Å². The topological polar surface area (TPSA) is 110 Å². The first-order valence-corrected chi connectivity index (χ1v) is 9.85. The summed E-state index contributed by atoms with van der Waals surface area (Å²) in [6.45, 7) is 4.19. The van der Waals surface area contributed by atoms with Gasteiger partial charge in [0, 0.05) is 36.5 Å². The van der Waals surface area contributed by atoms with Crippen LogP contribution in [0.25, 0.3) is 0 Å².